The Morgan fingerprint density at radius 1 is 1.17 bits per heavy atom. The summed E-state index contributed by atoms with van der Waals surface area (Å²) in [5.74, 6) is -0.539. The Labute approximate surface area is 70.2 Å². The Morgan fingerprint density at radius 2 is 1.75 bits per heavy atom. The zero-order valence-electron chi connectivity index (χ0n) is 6.79. The van der Waals surface area contributed by atoms with E-state index in [1.807, 2.05) is 0 Å². The Bertz CT molecular complexity index is 146. The van der Waals surface area contributed by atoms with E-state index < -0.39 is 37.1 Å². The lowest BCUT2D eigenvalue weighted by Crippen LogP contribution is -2.54. The van der Waals surface area contributed by atoms with Crippen molar-refractivity contribution < 1.29 is 25.2 Å². The van der Waals surface area contributed by atoms with Crippen molar-refractivity contribution in [3.8, 4) is 0 Å². The maximum atomic E-state index is 9.32. The molecule has 0 unspecified atom stereocenters. The van der Waals surface area contributed by atoms with Crippen LogP contribution in [-0.2, 0) is 4.74 Å². The summed E-state index contributed by atoms with van der Waals surface area (Å²) in [6.07, 6.45) is -4.20. The summed E-state index contributed by atoms with van der Waals surface area (Å²) in [6.45, 7) is 1.15. The van der Waals surface area contributed by atoms with Crippen LogP contribution in [0.1, 0.15) is 6.92 Å². The van der Waals surface area contributed by atoms with Gasteiger partial charge in [0.15, 0.2) is 6.29 Å². The molecule has 0 aliphatic carbocycles. The van der Waals surface area contributed by atoms with E-state index in [2.05, 4.69) is 0 Å². The van der Waals surface area contributed by atoms with Gasteiger partial charge in [0.05, 0.1) is 12.7 Å². The zero-order valence-corrected chi connectivity index (χ0v) is 6.79. The second-order valence-corrected chi connectivity index (χ2v) is 3.09. The minimum atomic E-state index is -1.13. The molecule has 5 heteroatoms. The van der Waals surface area contributed by atoms with Crippen LogP contribution in [0.4, 0.5) is 0 Å². The smallest absolute Gasteiger partial charge is 0.160 e. The largest absolute Gasteiger partial charge is 0.394 e. The summed E-state index contributed by atoms with van der Waals surface area (Å²) in [7, 11) is 0. The maximum absolute atomic E-state index is 9.32. The molecule has 0 bridgehead atoms. The van der Waals surface area contributed by atoms with Gasteiger partial charge in [0, 0.05) is 5.92 Å². The van der Waals surface area contributed by atoms with Crippen LogP contribution >= 0.6 is 0 Å². The number of rotatable bonds is 1. The Morgan fingerprint density at radius 3 is 2.25 bits per heavy atom. The van der Waals surface area contributed by atoms with Gasteiger partial charge in [-0.1, -0.05) is 6.92 Å². The summed E-state index contributed by atoms with van der Waals surface area (Å²) < 4.78 is 4.83. The summed E-state index contributed by atoms with van der Waals surface area (Å²) >= 11 is 0. The molecule has 0 spiro atoms. The highest BCUT2D eigenvalue weighted by Gasteiger charge is 2.40. The molecule has 0 amide bonds. The lowest BCUT2D eigenvalue weighted by Gasteiger charge is -2.38. The van der Waals surface area contributed by atoms with E-state index in [1.54, 1.807) is 6.92 Å². The van der Waals surface area contributed by atoms with Crippen molar-refractivity contribution in [1.29, 1.82) is 0 Å². The van der Waals surface area contributed by atoms with Crippen molar-refractivity contribution in [2.24, 2.45) is 5.92 Å². The molecule has 0 saturated carbocycles. The summed E-state index contributed by atoms with van der Waals surface area (Å²) in [4.78, 5) is 0. The summed E-state index contributed by atoms with van der Waals surface area (Å²) in [5.41, 5.74) is 0. The van der Waals surface area contributed by atoms with Gasteiger partial charge in [-0.25, -0.2) is 0 Å². The second-order valence-electron chi connectivity index (χ2n) is 3.09. The average Bonchev–Trinajstić information content (AvgIpc) is 2.08. The average molecular weight is 178 g/mol. The quantitative estimate of drug-likeness (QED) is 0.375. The van der Waals surface area contributed by atoms with Gasteiger partial charge < -0.3 is 25.2 Å². The van der Waals surface area contributed by atoms with E-state index in [0.29, 0.717) is 0 Å². The van der Waals surface area contributed by atoms with Crippen LogP contribution in [0.15, 0.2) is 0 Å². The van der Waals surface area contributed by atoms with Crippen molar-refractivity contribution in [1.82, 2.24) is 0 Å². The van der Waals surface area contributed by atoms with Gasteiger partial charge in [-0.2, -0.15) is 0 Å². The molecule has 4 N–H and O–H groups in total. The Balaban J connectivity index is 2.63. The van der Waals surface area contributed by atoms with E-state index >= 15 is 0 Å². The maximum Gasteiger partial charge on any atom is 0.160 e. The number of aliphatic hydroxyl groups is 4. The van der Waals surface area contributed by atoms with Gasteiger partial charge in [-0.05, 0) is 0 Å². The fourth-order valence-corrected chi connectivity index (χ4v) is 1.23. The molecule has 0 aromatic heterocycles. The Kier molecular flexibility index (Phi) is 3.03. The first-order valence-corrected chi connectivity index (χ1v) is 3.88. The standard InChI is InChI=1S/C7H14O5/c1-3-5(9)6(10)4(2-8)12-7(3)11/h3-11H,2H2,1H3/t3-,4-,5-,6+,7-/m1/s1. The number of aliphatic hydroxyl groups excluding tert-OH is 4. The Hall–Kier alpha value is -0.200. The molecule has 1 rings (SSSR count). The highest BCUT2D eigenvalue weighted by Crippen LogP contribution is 2.23. The molecule has 1 fully saturated rings. The molecule has 0 aromatic carbocycles. The third-order valence-corrected chi connectivity index (χ3v) is 2.21. The topological polar surface area (TPSA) is 90.2 Å². The lowest BCUT2D eigenvalue weighted by atomic mass is 9.93. The normalized spacial score (nSPS) is 49.2. The molecular weight excluding hydrogens is 164 g/mol. The third-order valence-electron chi connectivity index (χ3n) is 2.21. The van der Waals surface area contributed by atoms with E-state index in [9.17, 15) is 10.2 Å². The minimum Gasteiger partial charge on any atom is -0.394 e. The van der Waals surface area contributed by atoms with Gasteiger partial charge in [-0.3, -0.25) is 0 Å². The molecule has 0 radical (unpaired) electrons. The zero-order chi connectivity index (χ0) is 9.30. The molecule has 1 saturated heterocycles. The first kappa shape index (κ1) is 9.88. The molecule has 0 aromatic rings. The molecule has 12 heavy (non-hydrogen) atoms. The lowest BCUT2D eigenvalue weighted by molar-refractivity contribution is -0.266. The highest BCUT2D eigenvalue weighted by molar-refractivity contribution is 4.86. The SMILES string of the molecule is C[C@@H]1[C@@H](O)[C@@H](O)[C@@H](CO)O[C@H]1O. The van der Waals surface area contributed by atoms with Crippen LogP contribution in [0.25, 0.3) is 0 Å². The van der Waals surface area contributed by atoms with Crippen LogP contribution < -0.4 is 0 Å². The van der Waals surface area contributed by atoms with E-state index in [4.69, 9.17) is 14.9 Å². The van der Waals surface area contributed by atoms with E-state index in [-0.39, 0.29) is 0 Å². The van der Waals surface area contributed by atoms with E-state index in [0.717, 1.165) is 0 Å². The molecule has 1 aliphatic rings. The molecular formula is C7H14O5. The highest BCUT2D eigenvalue weighted by atomic mass is 16.6. The van der Waals surface area contributed by atoms with Crippen LogP contribution in [0.3, 0.4) is 0 Å². The van der Waals surface area contributed by atoms with Gasteiger partial charge in [0.2, 0.25) is 0 Å². The van der Waals surface area contributed by atoms with Crippen LogP contribution in [0.2, 0.25) is 0 Å². The first-order valence-electron chi connectivity index (χ1n) is 3.88. The fourth-order valence-electron chi connectivity index (χ4n) is 1.23. The van der Waals surface area contributed by atoms with Crippen LogP contribution in [0.5, 0.6) is 0 Å². The molecule has 1 aliphatic heterocycles. The third kappa shape index (κ3) is 1.60. The van der Waals surface area contributed by atoms with Crippen LogP contribution in [0, 0.1) is 5.92 Å². The fraction of sp³-hybridized carbons (Fsp3) is 1.00. The molecule has 1 heterocycles. The predicted molar refractivity (Wildman–Crippen MR) is 39.1 cm³/mol. The van der Waals surface area contributed by atoms with Gasteiger partial charge in [0.25, 0.3) is 0 Å². The monoisotopic (exact) mass is 178 g/mol. The minimum absolute atomic E-state index is 0.415. The summed E-state index contributed by atoms with van der Waals surface area (Å²) in [5, 5.41) is 36.4. The summed E-state index contributed by atoms with van der Waals surface area (Å²) in [6, 6.07) is 0. The molecule has 5 atom stereocenters. The van der Waals surface area contributed by atoms with Crippen molar-refractivity contribution in [2.75, 3.05) is 6.61 Å². The predicted octanol–water partition coefficient (Wildman–Crippen LogP) is -1.95. The second kappa shape index (κ2) is 3.68. The van der Waals surface area contributed by atoms with Crippen molar-refractivity contribution in [2.45, 2.75) is 31.5 Å². The van der Waals surface area contributed by atoms with Crippen LogP contribution in [-0.4, -0.2) is 51.6 Å². The molecule has 72 valence electrons. The van der Waals surface area contributed by atoms with Crippen molar-refractivity contribution in [3.05, 3.63) is 0 Å². The van der Waals surface area contributed by atoms with E-state index in [1.165, 1.54) is 0 Å². The number of hydrogen-bond acceptors (Lipinski definition) is 5. The van der Waals surface area contributed by atoms with Crippen molar-refractivity contribution in [3.63, 3.8) is 0 Å². The number of hydrogen-bond donors (Lipinski definition) is 4. The molecule has 5 nitrogen and oxygen atoms in total. The van der Waals surface area contributed by atoms with Crippen molar-refractivity contribution >= 4 is 0 Å². The van der Waals surface area contributed by atoms with Gasteiger partial charge in [-0.15, -0.1) is 0 Å². The number of ether oxygens (including phenoxy) is 1. The van der Waals surface area contributed by atoms with Gasteiger partial charge in [0.1, 0.15) is 12.2 Å². The first-order chi connectivity index (χ1) is 5.57. The van der Waals surface area contributed by atoms with Gasteiger partial charge >= 0.3 is 0 Å².